The Bertz CT molecular complexity index is 1750. The van der Waals surface area contributed by atoms with Gasteiger partial charge in [-0.05, 0) is 85.7 Å². The van der Waals surface area contributed by atoms with E-state index in [1.54, 1.807) is 48.5 Å². The summed E-state index contributed by atoms with van der Waals surface area (Å²) in [4.78, 5) is 31.1. The lowest BCUT2D eigenvalue weighted by Gasteiger charge is -2.34. The molecule has 0 bridgehead atoms. The van der Waals surface area contributed by atoms with E-state index in [2.05, 4.69) is 5.32 Å². The highest BCUT2D eigenvalue weighted by molar-refractivity contribution is 7.98. The fourth-order valence-electron chi connectivity index (χ4n) is 5.26. The zero-order chi connectivity index (χ0) is 34.7. The van der Waals surface area contributed by atoms with Gasteiger partial charge in [-0.15, -0.1) is 11.8 Å². The molecule has 8 nitrogen and oxygen atoms in total. The molecule has 1 atom stereocenters. The van der Waals surface area contributed by atoms with Crippen molar-refractivity contribution in [2.45, 2.75) is 56.5 Å². The van der Waals surface area contributed by atoms with Gasteiger partial charge in [0, 0.05) is 24.4 Å². The second kappa shape index (κ2) is 17.2. The van der Waals surface area contributed by atoms with Gasteiger partial charge in [-0.25, -0.2) is 8.42 Å². The van der Waals surface area contributed by atoms with E-state index in [-0.39, 0.29) is 29.7 Å². The summed E-state index contributed by atoms with van der Waals surface area (Å²) in [7, 11) is -4.20. The van der Waals surface area contributed by atoms with Crippen LogP contribution in [0.5, 0.6) is 5.75 Å². The van der Waals surface area contributed by atoms with E-state index in [0.29, 0.717) is 24.6 Å². The standard InChI is InChI=1S/C38H45N3O5S2/c1-6-46-33-17-15-32(16-18-33)41(48(44,45)35-21-19-34(47-5)20-22-35)27-37(42)40(26-31-14-10-11-29(4)23-31)36(38(43)39-25-28(2)3)24-30-12-8-7-9-13-30/h7-23,28,36H,6,24-27H2,1-5H3,(H,39,43). The van der Waals surface area contributed by atoms with Gasteiger partial charge in [-0.2, -0.15) is 0 Å². The summed E-state index contributed by atoms with van der Waals surface area (Å²) in [5, 5.41) is 3.02. The van der Waals surface area contributed by atoms with Crippen LogP contribution in [0.3, 0.4) is 0 Å². The highest BCUT2D eigenvalue weighted by Gasteiger charge is 2.34. The van der Waals surface area contributed by atoms with E-state index in [1.165, 1.54) is 16.7 Å². The minimum atomic E-state index is -4.20. The first-order valence-corrected chi connectivity index (χ1v) is 18.7. The molecule has 1 N–H and O–H groups in total. The summed E-state index contributed by atoms with van der Waals surface area (Å²) >= 11 is 1.51. The lowest BCUT2D eigenvalue weighted by molar-refractivity contribution is -0.140. The third kappa shape index (κ3) is 9.87. The van der Waals surface area contributed by atoms with E-state index in [0.717, 1.165) is 25.9 Å². The summed E-state index contributed by atoms with van der Waals surface area (Å²) in [5.41, 5.74) is 3.03. The molecule has 0 radical (unpaired) electrons. The number of nitrogens with one attached hydrogen (secondary N) is 1. The van der Waals surface area contributed by atoms with E-state index >= 15 is 0 Å². The van der Waals surface area contributed by atoms with Crippen molar-refractivity contribution in [2.75, 3.05) is 30.3 Å². The minimum Gasteiger partial charge on any atom is -0.494 e. The Morgan fingerprint density at radius 1 is 0.875 bits per heavy atom. The fourth-order valence-corrected chi connectivity index (χ4v) is 7.09. The van der Waals surface area contributed by atoms with Crippen LogP contribution in [0.2, 0.25) is 0 Å². The van der Waals surface area contributed by atoms with Crippen molar-refractivity contribution in [3.05, 3.63) is 120 Å². The van der Waals surface area contributed by atoms with Crippen molar-refractivity contribution >= 4 is 39.3 Å². The number of anilines is 1. The number of rotatable bonds is 16. The Hall–Kier alpha value is -4.28. The molecule has 0 heterocycles. The van der Waals surface area contributed by atoms with Crippen LogP contribution in [0.25, 0.3) is 0 Å². The van der Waals surface area contributed by atoms with Gasteiger partial charge in [-0.1, -0.05) is 74.0 Å². The van der Waals surface area contributed by atoms with E-state index in [4.69, 9.17) is 4.74 Å². The van der Waals surface area contributed by atoms with E-state index in [9.17, 15) is 18.0 Å². The van der Waals surface area contributed by atoms with E-state index < -0.39 is 28.5 Å². The lowest BCUT2D eigenvalue weighted by Crippen LogP contribution is -2.53. The number of ether oxygens (including phenoxy) is 1. The van der Waals surface area contributed by atoms with Crippen molar-refractivity contribution in [1.29, 1.82) is 0 Å². The molecule has 0 saturated heterocycles. The number of benzene rings is 4. The van der Waals surface area contributed by atoms with Crippen molar-refractivity contribution in [3.8, 4) is 5.75 Å². The predicted molar refractivity (Wildman–Crippen MR) is 194 cm³/mol. The summed E-state index contributed by atoms with van der Waals surface area (Å²) in [6.07, 6.45) is 2.18. The first-order chi connectivity index (χ1) is 23.0. The third-order valence-corrected chi connectivity index (χ3v) is 10.3. The zero-order valence-corrected chi connectivity index (χ0v) is 29.9. The molecule has 254 valence electrons. The maximum atomic E-state index is 14.7. The van der Waals surface area contributed by atoms with Crippen LogP contribution < -0.4 is 14.4 Å². The third-order valence-electron chi connectivity index (χ3n) is 7.75. The summed E-state index contributed by atoms with van der Waals surface area (Å²) in [5.74, 6) is -0.0166. The number of aryl methyl sites for hydroxylation is 1. The molecular weight excluding hydrogens is 643 g/mol. The van der Waals surface area contributed by atoms with Crippen LogP contribution in [-0.4, -0.2) is 57.1 Å². The molecule has 4 aromatic carbocycles. The molecule has 0 aliphatic carbocycles. The van der Waals surface area contributed by atoms with Gasteiger partial charge in [-0.3, -0.25) is 13.9 Å². The van der Waals surface area contributed by atoms with Crippen LogP contribution in [0.1, 0.15) is 37.5 Å². The molecule has 0 saturated carbocycles. The molecule has 0 aromatic heterocycles. The van der Waals surface area contributed by atoms with Crippen LogP contribution >= 0.6 is 11.8 Å². The molecule has 0 aliphatic rings. The molecule has 4 rings (SSSR count). The molecule has 2 amide bonds. The second-order valence-electron chi connectivity index (χ2n) is 12.0. The number of nitrogens with zero attached hydrogens (tertiary/aromatic N) is 2. The average molecular weight is 688 g/mol. The Morgan fingerprint density at radius 2 is 1.54 bits per heavy atom. The van der Waals surface area contributed by atoms with Gasteiger partial charge < -0.3 is 15.0 Å². The van der Waals surface area contributed by atoms with E-state index in [1.807, 2.05) is 88.5 Å². The largest absolute Gasteiger partial charge is 0.494 e. The Balaban J connectivity index is 1.80. The summed E-state index contributed by atoms with van der Waals surface area (Å²) in [6.45, 7) is 8.35. The first kappa shape index (κ1) is 36.6. The number of carbonyl (C=O) groups is 2. The summed E-state index contributed by atoms with van der Waals surface area (Å²) < 4.78 is 35.3. The molecule has 0 spiro atoms. The van der Waals surface area contributed by atoms with Crippen molar-refractivity contribution < 1.29 is 22.7 Å². The molecular formula is C38H45N3O5S2. The predicted octanol–water partition coefficient (Wildman–Crippen LogP) is 6.72. The lowest BCUT2D eigenvalue weighted by atomic mass is 10.0. The van der Waals surface area contributed by atoms with Crippen molar-refractivity contribution in [3.63, 3.8) is 0 Å². The smallest absolute Gasteiger partial charge is 0.264 e. The maximum absolute atomic E-state index is 14.7. The van der Waals surface area contributed by atoms with Crippen molar-refractivity contribution in [2.24, 2.45) is 5.92 Å². The zero-order valence-electron chi connectivity index (χ0n) is 28.3. The molecule has 10 heteroatoms. The SMILES string of the molecule is CCOc1ccc(N(CC(=O)N(Cc2cccc(C)c2)C(Cc2ccccc2)C(=O)NCC(C)C)S(=O)(=O)c2ccc(SC)cc2)cc1. The van der Waals surface area contributed by atoms with Gasteiger partial charge in [0.2, 0.25) is 11.8 Å². The van der Waals surface area contributed by atoms with Gasteiger partial charge >= 0.3 is 0 Å². The van der Waals surface area contributed by atoms with Gasteiger partial charge in [0.15, 0.2) is 0 Å². The topological polar surface area (TPSA) is 96.0 Å². The quantitative estimate of drug-likeness (QED) is 0.131. The van der Waals surface area contributed by atoms with Crippen LogP contribution in [0.15, 0.2) is 113 Å². The average Bonchev–Trinajstić information content (AvgIpc) is 3.08. The second-order valence-corrected chi connectivity index (χ2v) is 14.7. The normalized spacial score (nSPS) is 12.0. The highest BCUT2D eigenvalue weighted by atomic mass is 32.2. The molecule has 4 aromatic rings. The highest BCUT2D eigenvalue weighted by Crippen LogP contribution is 2.28. The van der Waals surface area contributed by atoms with Crippen LogP contribution in [-0.2, 0) is 32.6 Å². The molecule has 48 heavy (non-hydrogen) atoms. The Morgan fingerprint density at radius 3 is 2.15 bits per heavy atom. The number of carbonyl (C=O) groups excluding carboxylic acids is 2. The number of amides is 2. The first-order valence-electron chi connectivity index (χ1n) is 16.1. The van der Waals surface area contributed by atoms with Crippen LogP contribution in [0, 0.1) is 12.8 Å². The number of hydrogen-bond acceptors (Lipinski definition) is 6. The monoisotopic (exact) mass is 687 g/mol. The molecule has 0 fully saturated rings. The Kier molecular flexibility index (Phi) is 13.1. The minimum absolute atomic E-state index is 0.0581. The van der Waals surface area contributed by atoms with Gasteiger partial charge in [0.1, 0.15) is 18.3 Å². The van der Waals surface area contributed by atoms with Crippen molar-refractivity contribution in [1.82, 2.24) is 10.2 Å². The molecule has 0 aliphatic heterocycles. The van der Waals surface area contributed by atoms with Crippen LogP contribution in [0.4, 0.5) is 5.69 Å². The van der Waals surface area contributed by atoms with Gasteiger partial charge in [0.25, 0.3) is 10.0 Å². The fraction of sp³-hybridized carbons (Fsp3) is 0.316. The number of sulfonamides is 1. The Labute approximate surface area is 289 Å². The molecule has 1 unspecified atom stereocenters. The van der Waals surface area contributed by atoms with Gasteiger partial charge in [0.05, 0.1) is 17.2 Å². The number of hydrogen-bond donors (Lipinski definition) is 1. The summed E-state index contributed by atoms with van der Waals surface area (Å²) in [6, 6.07) is 29.6. The maximum Gasteiger partial charge on any atom is 0.264 e. The number of thioether (sulfide) groups is 1.